The van der Waals surface area contributed by atoms with Gasteiger partial charge in [0.25, 0.3) is 5.91 Å². The molecular weight excluding hydrogens is 274 g/mol. The second-order valence-electron chi connectivity index (χ2n) is 4.94. The van der Waals surface area contributed by atoms with Gasteiger partial charge in [0.2, 0.25) is 0 Å². The fourth-order valence-electron chi connectivity index (χ4n) is 2.58. The SMILES string of the molecule is O=C(c1cnns1)N1CCC(c2ccc(O)cc2)CC1. The molecule has 1 aliphatic heterocycles. The summed E-state index contributed by atoms with van der Waals surface area (Å²) in [5.41, 5.74) is 1.23. The van der Waals surface area contributed by atoms with Gasteiger partial charge in [0.15, 0.2) is 0 Å². The first kappa shape index (κ1) is 13.1. The summed E-state index contributed by atoms with van der Waals surface area (Å²) in [6.07, 6.45) is 3.42. The van der Waals surface area contributed by atoms with Crippen molar-refractivity contribution in [1.29, 1.82) is 0 Å². The molecular formula is C14H15N3O2S. The molecule has 1 N–H and O–H groups in total. The number of carbonyl (C=O) groups is 1. The summed E-state index contributed by atoms with van der Waals surface area (Å²) in [5, 5.41) is 13.0. The minimum absolute atomic E-state index is 0.0316. The molecule has 104 valence electrons. The largest absolute Gasteiger partial charge is 0.508 e. The molecule has 20 heavy (non-hydrogen) atoms. The van der Waals surface area contributed by atoms with E-state index in [1.54, 1.807) is 12.1 Å². The number of hydrogen-bond acceptors (Lipinski definition) is 5. The van der Waals surface area contributed by atoms with Crippen molar-refractivity contribution in [3.63, 3.8) is 0 Å². The van der Waals surface area contributed by atoms with E-state index in [0.717, 1.165) is 37.5 Å². The Hall–Kier alpha value is -1.95. The molecule has 1 aliphatic rings. The van der Waals surface area contributed by atoms with Crippen LogP contribution in [-0.2, 0) is 0 Å². The van der Waals surface area contributed by atoms with Gasteiger partial charge in [-0.25, -0.2) is 0 Å². The van der Waals surface area contributed by atoms with Crippen LogP contribution in [0.3, 0.4) is 0 Å². The Morgan fingerprint density at radius 1 is 1.25 bits per heavy atom. The summed E-state index contributed by atoms with van der Waals surface area (Å²) in [5.74, 6) is 0.780. The second kappa shape index (κ2) is 5.58. The lowest BCUT2D eigenvalue weighted by Gasteiger charge is -2.31. The van der Waals surface area contributed by atoms with Gasteiger partial charge < -0.3 is 10.0 Å². The zero-order chi connectivity index (χ0) is 13.9. The molecule has 1 aromatic heterocycles. The lowest BCUT2D eigenvalue weighted by Crippen LogP contribution is -2.37. The van der Waals surface area contributed by atoms with E-state index < -0.39 is 0 Å². The molecule has 6 heteroatoms. The number of likely N-dealkylation sites (tertiary alicyclic amines) is 1. The number of phenolic OH excluding ortho intramolecular Hbond substituents is 1. The van der Waals surface area contributed by atoms with Crippen LogP contribution in [0, 0.1) is 0 Å². The third-order valence-electron chi connectivity index (χ3n) is 3.72. The van der Waals surface area contributed by atoms with E-state index in [0.29, 0.717) is 16.5 Å². The van der Waals surface area contributed by atoms with Gasteiger partial charge in [0.1, 0.15) is 10.6 Å². The Balaban J connectivity index is 1.62. The van der Waals surface area contributed by atoms with Crippen molar-refractivity contribution in [3.05, 3.63) is 40.9 Å². The van der Waals surface area contributed by atoms with Crippen molar-refractivity contribution in [2.45, 2.75) is 18.8 Å². The minimum Gasteiger partial charge on any atom is -0.508 e. The lowest BCUT2D eigenvalue weighted by atomic mass is 9.89. The first-order chi connectivity index (χ1) is 9.74. The highest BCUT2D eigenvalue weighted by Gasteiger charge is 2.25. The molecule has 1 fully saturated rings. The molecule has 3 rings (SSSR count). The standard InChI is InChI=1S/C14H15N3O2S/c18-12-3-1-10(2-4-12)11-5-7-17(8-6-11)14(19)13-9-15-16-20-13/h1-4,9,11,18H,5-8H2. The average Bonchev–Trinajstić information content (AvgIpc) is 3.02. The molecule has 0 unspecified atom stereocenters. The summed E-state index contributed by atoms with van der Waals surface area (Å²) in [7, 11) is 0. The quantitative estimate of drug-likeness (QED) is 0.921. The smallest absolute Gasteiger partial charge is 0.267 e. The third-order valence-corrected chi connectivity index (χ3v) is 4.37. The zero-order valence-corrected chi connectivity index (χ0v) is 11.7. The van der Waals surface area contributed by atoms with Crippen molar-refractivity contribution in [3.8, 4) is 5.75 Å². The van der Waals surface area contributed by atoms with Crippen LogP contribution in [0.5, 0.6) is 5.75 Å². The van der Waals surface area contributed by atoms with Crippen LogP contribution in [0.2, 0.25) is 0 Å². The molecule has 1 amide bonds. The highest BCUT2D eigenvalue weighted by Crippen LogP contribution is 2.29. The van der Waals surface area contributed by atoms with E-state index in [1.165, 1.54) is 11.8 Å². The van der Waals surface area contributed by atoms with Gasteiger partial charge in [0, 0.05) is 13.1 Å². The maximum atomic E-state index is 12.2. The van der Waals surface area contributed by atoms with Crippen LogP contribution in [-0.4, -0.2) is 38.6 Å². The maximum Gasteiger partial charge on any atom is 0.267 e. The predicted octanol–water partition coefficient (Wildman–Crippen LogP) is 2.26. The summed E-state index contributed by atoms with van der Waals surface area (Å²) in [6.45, 7) is 1.50. The number of nitrogens with zero attached hydrogens (tertiary/aromatic N) is 3. The number of aromatic hydroxyl groups is 1. The second-order valence-corrected chi connectivity index (χ2v) is 5.73. The monoisotopic (exact) mass is 289 g/mol. The molecule has 1 saturated heterocycles. The summed E-state index contributed by atoms with van der Waals surface area (Å²) in [4.78, 5) is 14.6. The molecule has 2 aromatic rings. The molecule has 0 spiro atoms. The first-order valence-corrected chi connectivity index (χ1v) is 7.37. The van der Waals surface area contributed by atoms with Crippen LogP contribution in [0.4, 0.5) is 0 Å². The topological polar surface area (TPSA) is 66.3 Å². The molecule has 0 bridgehead atoms. The van der Waals surface area contributed by atoms with Crippen LogP contribution < -0.4 is 0 Å². The number of carbonyl (C=O) groups excluding carboxylic acids is 1. The number of benzene rings is 1. The normalized spacial score (nSPS) is 16.3. The Bertz CT molecular complexity index is 575. The van der Waals surface area contributed by atoms with Crippen molar-refractivity contribution < 1.29 is 9.90 Å². The number of rotatable bonds is 2. The van der Waals surface area contributed by atoms with Crippen molar-refractivity contribution in [2.24, 2.45) is 0 Å². The Morgan fingerprint density at radius 3 is 2.55 bits per heavy atom. The maximum absolute atomic E-state index is 12.2. The fourth-order valence-corrected chi connectivity index (χ4v) is 3.06. The molecule has 5 nitrogen and oxygen atoms in total. The third kappa shape index (κ3) is 2.65. The number of aromatic nitrogens is 2. The fraction of sp³-hybridized carbons (Fsp3) is 0.357. The molecule has 0 aliphatic carbocycles. The van der Waals surface area contributed by atoms with Crippen LogP contribution >= 0.6 is 11.5 Å². The summed E-state index contributed by atoms with van der Waals surface area (Å²) >= 11 is 1.14. The van der Waals surface area contributed by atoms with Gasteiger partial charge in [-0.15, -0.1) is 5.10 Å². The number of hydrogen-bond donors (Lipinski definition) is 1. The van der Waals surface area contributed by atoms with Gasteiger partial charge in [-0.05, 0) is 48.0 Å². The van der Waals surface area contributed by atoms with Gasteiger partial charge in [0.05, 0.1) is 6.20 Å². The van der Waals surface area contributed by atoms with Gasteiger partial charge >= 0.3 is 0 Å². The van der Waals surface area contributed by atoms with Crippen molar-refractivity contribution in [1.82, 2.24) is 14.5 Å². The molecule has 1 aromatic carbocycles. The first-order valence-electron chi connectivity index (χ1n) is 6.59. The Kier molecular flexibility index (Phi) is 3.64. The zero-order valence-electron chi connectivity index (χ0n) is 10.9. The Morgan fingerprint density at radius 2 is 1.95 bits per heavy atom. The van der Waals surface area contributed by atoms with E-state index in [4.69, 9.17) is 0 Å². The van der Waals surface area contributed by atoms with E-state index in [2.05, 4.69) is 9.59 Å². The molecule has 0 radical (unpaired) electrons. The summed E-state index contributed by atoms with van der Waals surface area (Å²) in [6, 6.07) is 7.36. The van der Waals surface area contributed by atoms with E-state index in [9.17, 15) is 9.90 Å². The van der Waals surface area contributed by atoms with E-state index >= 15 is 0 Å². The van der Waals surface area contributed by atoms with E-state index in [-0.39, 0.29) is 5.91 Å². The molecule has 0 saturated carbocycles. The highest BCUT2D eigenvalue weighted by molar-refractivity contribution is 7.07. The molecule has 2 heterocycles. The van der Waals surface area contributed by atoms with Gasteiger partial charge in [-0.1, -0.05) is 16.6 Å². The number of phenols is 1. The number of amides is 1. The van der Waals surface area contributed by atoms with Gasteiger partial charge in [-0.3, -0.25) is 4.79 Å². The summed E-state index contributed by atoms with van der Waals surface area (Å²) < 4.78 is 3.73. The molecule has 0 atom stereocenters. The highest BCUT2D eigenvalue weighted by atomic mass is 32.1. The van der Waals surface area contributed by atoms with Crippen molar-refractivity contribution >= 4 is 17.4 Å². The Labute approximate surface area is 121 Å². The number of piperidine rings is 1. The lowest BCUT2D eigenvalue weighted by molar-refractivity contribution is 0.0717. The van der Waals surface area contributed by atoms with E-state index in [1.807, 2.05) is 17.0 Å². The van der Waals surface area contributed by atoms with Gasteiger partial charge in [-0.2, -0.15) is 0 Å². The van der Waals surface area contributed by atoms with Crippen LogP contribution in [0.15, 0.2) is 30.5 Å². The average molecular weight is 289 g/mol. The van der Waals surface area contributed by atoms with Crippen LogP contribution in [0.25, 0.3) is 0 Å². The predicted molar refractivity (Wildman–Crippen MR) is 75.9 cm³/mol. The van der Waals surface area contributed by atoms with Crippen LogP contribution in [0.1, 0.15) is 34.0 Å². The minimum atomic E-state index is 0.0316. The van der Waals surface area contributed by atoms with Crippen molar-refractivity contribution in [2.75, 3.05) is 13.1 Å².